The number of benzene rings is 3. The number of hydrogen-bond acceptors (Lipinski definition) is 4. The van der Waals surface area contributed by atoms with Crippen molar-refractivity contribution in [2.45, 2.75) is 0 Å². The highest BCUT2D eigenvalue weighted by Gasteiger charge is 2.17. The van der Waals surface area contributed by atoms with Crippen molar-refractivity contribution in [1.29, 1.82) is 0 Å². The molecule has 3 amide bonds. The van der Waals surface area contributed by atoms with Gasteiger partial charge in [-0.05, 0) is 48.5 Å². The van der Waals surface area contributed by atoms with Crippen molar-refractivity contribution < 1.29 is 23.5 Å². The molecule has 0 atom stereocenters. The number of likely N-dealkylation sites (N-methyl/N-ethyl adjacent to an activating group) is 1. The van der Waals surface area contributed by atoms with Gasteiger partial charge in [0.05, 0.1) is 12.1 Å². The van der Waals surface area contributed by atoms with Crippen molar-refractivity contribution >= 4 is 29.1 Å². The molecule has 0 aliphatic rings. The summed E-state index contributed by atoms with van der Waals surface area (Å²) in [7, 11) is 1.46. The van der Waals surface area contributed by atoms with Crippen molar-refractivity contribution in [1.82, 2.24) is 4.90 Å². The summed E-state index contributed by atoms with van der Waals surface area (Å²) in [5, 5.41) is 5.35. The monoisotopic (exact) mass is 435 g/mol. The van der Waals surface area contributed by atoms with E-state index in [0.717, 1.165) is 0 Å². The number of nitrogens with one attached hydrogen (secondary N) is 2. The lowest BCUT2D eigenvalue weighted by Crippen LogP contribution is -2.37. The van der Waals surface area contributed by atoms with Crippen molar-refractivity contribution in [2.75, 3.05) is 30.8 Å². The molecule has 0 heterocycles. The van der Waals surface area contributed by atoms with Gasteiger partial charge in [0.2, 0.25) is 5.91 Å². The first kappa shape index (κ1) is 22.5. The number of carbonyl (C=O) groups excluding carboxylic acids is 3. The fraction of sp³-hybridized carbons (Fsp3) is 0.125. The molecule has 0 saturated heterocycles. The third-order valence-electron chi connectivity index (χ3n) is 4.45. The van der Waals surface area contributed by atoms with Gasteiger partial charge in [0.25, 0.3) is 11.8 Å². The van der Waals surface area contributed by atoms with Crippen molar-refractivity contribution in [2.24, 2.45) is 0 Å². The molecule has 0 radical (unpaired) electrons. The Kier molecular flexibility index (Phi) is 7.53. The summed E-state index contributed by atoms with van der Waals surface area (Å²) in [6.07, 6.45) is 0. The van der Waals surface area contributed by atoms with Crippen LogP contribution in [0.4, 0.5) is 15.8 Å². The highest BCUT2D eigenvalue weighted by molar-refractivity contribution is 6.06. The molecule has 0 unspecified atom stereocenters. The van der Waals surface area contributed by atoms with Crippen LogP contribution in [0.1, 0.15) is 10.4 Å². The second-order valence-electron chi connectivity index (χ2n) is 6.91. The molecule has 164 valence electrons. The third kappa shape index (κ3) is 6.40. The molecular formula is C24H22FN3O4. The number of nitrogens with zero attached hydrogens (tertiary/aromatic N) is 1. The second-order valence-corrected chi connectivity index (χ2v) is 6.91. The zero-order valence-corrected chi connectivity index (χ0v) is 17.4. The van der Waals surface area contributed by atoms with E-state index in [-0.39, 0.29) is 30.4 Å². The van der Waals surface area contributed by atoms with E-state index in [4.69, 9.17) is 4.74 Å². The summed E-state index contributed by atoms with van der Waals surface area (Å²) in [6.45, 7) is -0.564. The third-order valence-corrected chi connectivity index (χ3v) is 4.45. The summed E-state index contributed by atoms with van der Waals surface area (Å²) in [6, 6.07) is 20.9. The summed E-state index contributed by atoms with van der Waals surface area (Å²) in [4.78, 5) is 38.3. The van der Waals surface area contributed by atoms with Gasteiger partial charge >= 0.3 is 0 Å². The standard InChI is InChI=1S/C24H22FN3O4/c1-28(15-22(29)26-19-13-11-17(25)12-14-19)23(30)16-32-21-10-6-5-9-20(21)24(31)27-18-7-3-2-4-8-18/h2-14H,15-16H2,1H3,(H,26,29)(H,27,31). The summed E-state index contributed by atoms with van der Waals surface area (Å²) >= 11 is 0. The van der Waals surface area contributed by atoms with Crippen LogP contribution in [0.3, 0.4) is 0 Å². The van der Waals surface area contributed by atoms with Crippen LogP contribution in [0.25, 0.3) is 0 Å². The highest BCUT2D eigenvalue weighted by atomic mass is 19.1. The van der Waals surface area contributed by atoms with Gasteiger partial charge in [-0.2, -0.15) is 0 Å². The first-order chi connectivity index (χ1) is 15.4. The Bertz CT molecular complexity index is 1090. The molecule has 3 rings (SSSR count). The maximum atomic E-state index is 12.9. The average molecular weight is 435 g/mol. The van der Waals surface area contributed by atoms with Crippen LogP contribution in [0.15, 0.2) is 78.9 Å². The van der Waals surface area contributed by atoms with Gasteiger partial charge < -0.3 is 20.3 Å². The Morgan fingerprint density at radius 1 is 0.844 bits per heavy atom. The number of para-hydroxylation sites is 2. The molecule has 7 nitrogen and oxygen atoms in total. The van der Waals surface area contributed by atoms with Crippen LogP contribution < -0.4 is 15.4 Å². The Labute approximate surface area is 184 Å². The highest BCUT2D eigenvalue weighted by Crippen LogP contribution is 2.20. The van der Waals surface area contributed by atoms with Gasteiger partial charge in [0.15, 0.2) is 6.61 Å². The molecule has 0 saturated carbocycles. The molecule has 32 heavy (non-hydrogen) atoms. The van der Waals surface area contributed by atoms with E-state index >= 15 is 0 Å². The zero-order valence-electron chi connectivity index (χ0n) is 17.4. The Balaban J connectivity index is 1.54. The zero-order chi connectivity index (χ0) is 22.9. The predicted octanol–water partition coefficient (Wildman–Crippen LogP) is 3.55. The normalized spacial score (nSPS) is 10.2. The van der Waals surface area contributed by atoms with E-state index in [0.29, 0.717) is 11.4 Å². The van der Waals surface area contributed by atoms with Crippen LogP contribution in [-0.2, 0) is 9.59 Å². The van der Waals surface area contributed by atoms with Crippen molar-refractivity contribution in [3.05, 3.63) is 90.2 Å². The molecule has 2 N–H and O–H groups in total. The smallest absolute Gasteiger partial charge is 0.260 e. The molecule has 0 spiro atoms. The van der Waals surface area contributed by atoms with Gasteiger partial charge in [0, 0.05) is 18.4 Å². The Morgan fingerprint density at radius 2 is 1.47 bits per heavy atom. The number of rotatable bonds is 8. The number of amides is 3. The van der Waals surface area contributed by atoms with E-state index in [1.165, 1.54) is 36.2 Å². The molecule has 3 aromatic carbocycles. The predicted molar refractivity (Wildman–Crippen MR) is 119 cm³/mol. The fourth-order valence-electron chi connectivity index (χ4n) is 2.79. The lowest BCUT2D eigenvalue weighted by atomic mass is 10.2. The minimum Gasteiger partial charge on any atom is -0.483 e. The lowest BCUT2D eigenvalue weighted by Gasteiger charge is -2.18. The van der Waals surface area contributed by atoms with Gasteiger partial charge in [-0.15, -0.1) is 0 Å². The topological polar surface area (TPSA) is 87.7 Å². The molecule has 0 aliphatic carbocycles. The fourth-order valence-corrected chi connectivity index (χ4v) is 2.79. The van der Waals surface area contributed by atoms with E-state index < -0.39 is 17.6 Å². The van der Waals surface area contributed by atoms with Gasteiger partial charge in [0.1, 0.15) is 11.6 Å². The average Bonchev–Trinajstić information content (AvgIpc) is 2.79. The van der Waals surface area contributed by atoms with Crippen LogP contribution in [0.5, 0.6) is 5.75 Å². The molecule has 0 fully saturated rings. The van der Waals surface area contributed by atoms with Gasteiger partial charge in [-0.1, -0.05) is 30.3 Å². The van der Waals surface area contributed by atoms with E-state index in [9.17, 15) is 18.8 Å². The molecule has 0 aromatic heterocycles. The molecule has 8 heteroatoms. The minimum atomic E-state index is -0.447. The van der Waals surface area contributed by atoms with Gasteiger partial charge in [-0.25, -0.2) is 4.39 Å². The van der Waals surface area contributed by atoms with Crippen LogP contribution in [0.2, 0.25) is 0 Å². The number of ether oxygens (including phenoxy) is 1. The van der Waals surface area contributed by atoms with Gasteiger partial charge in [-0.3, -0.25) is 14.4 Å². The quantitative estimate of drug-likeness (QED) is 0.567. The number of anilines is 2. The SMILES string of the molecule is CN(CC(=O)Nc1ccc(F)cc1)C(=O)COc1ccccc1C(=O)Nc1ccccc1. The summed E-state index contributed by atoms with van der Waals surface area (Å²) in [5.74, 6) is -1.41. The van der Waals surface area contributed by atoms with E-state index in [2.05, 4.69) is 10.6 Å². The number of carbonyl (C=O) groups is 3. The first-order valence-corrected chi connectivity index (χ1v) is 9.80. The molecule has 3 aromatic rings. The molecule has 0 bridgehead atoms. The van der Waals surface area contributed by atoms with Crippen LogP contribution in [0, 0.1) is 5.82 Å². The number of halogens is 1. The first-order valence-electron chi connectivity index (χ1n) is 9.80. The molecular weight excluding hydrogens is 413 g/mol. The van der Waals surface area contributed by atoms with Crippen LogP contribution >= 0.6 is 0 Å². The van der Waals surface area contributed by atoms with Crippen molar-refractivity contribution in [3.63, 3.8) is 0 Å². The largest absolute Gasteiger partial charge is 0.483 e. The number of hydrogen-bond donors (Lipinski definition) is 2. The maximum absolute atomic E-state index is 12.9. The lowest BCUT2D eigenvalue weighted by molar-refractivity contribution is -0.135. The second kappa shape index (κ2) is 10.7. The minimum absolute atomic E-state index is 0.213. The van der Waals surface area contributed by atoms with E-state index in [1.54, 1.807) is 48.5 Å². The summed E-state index contributed by atoms with van der Waals surface area (Å²) < 4.78 is 18.5. The Morgan fingerprint density at radius 3 is 2.19 bits per heavy atom. The maximum Gasteiger partial charge on any atom is 0.260 e. The molecule has 0 aliphatic heterocycles. The summed E-state index contributed by atoms with van der Waals surface area (Å²) in [5.41, 5.74) is 1.34. The van der Waals surface area contributed by atoms with Crippen LogP contribution in [-0.4, -0.2) is 42.8 Å². The Hall–Kier alpha value is -4.20. The van der Waals surface area contributed by atoms with Crippen molar-refractivity contribution in [3.8, 4) is 5.75 Å². The van der Waals surface area contributed by atoms with E-state index in [1.807, 2.05) is 6.07 Å².